The van der Waals surface area contributed by atoms with Crippen molar-refractivity contribution < 1.29 is 72.0 Å². The van der Waals surface area contributed by atoms with Crippen LogP contribution in [-0.4, -0.2) is 153 Å². The Labute approximate surface area is 350 Å². The van der Waals surface area contributed by atoms with Crippen LogP contribution < -0.4 is 0 Å². The lowest BCUT2D eigenvalue weighted by Gasteiger charge is -2.51. The monoisotopic (exact) mass is 841 g/mol. The van der Waals surface area contributed by atoms with Gasteiger partial charge in [0, 0.05) is 46.8 Å². The number of likely N-dealkylation sites (N-methyl/N-ethyl adjacent to an activating group) is 1. The summed E-state index contributed by atoms with van der Waals surface area (Å²) in [6.07, 6.45) is -3.01. The number of cyclic esters (lactones) is 1. The van der Waals surface area contributed by atoms with Gasteiger partial charge in [-0.2, -0.15) is 0 Å². The Bertz CT molecular complexity index is 1410. The van der Waals surface area contributed by atoms with Gasteiger partial charge in [0.05, 0.1) is 36.9 Å². The Morgan fingerprint density at radius 2 is 1.69 bits per heavy atom. The van der Waals surface area contributed by atoms with Gasteiger partial charge in [-0.05, 0) is 66.0 Å². The number of carbonyl (C=O) groups is 4. The number of esters is 3. The molecule has 0 aromatic heterocycles. The molecular weight excluding hydrogens is 770 g/mol. The molecule has 0 amide bonds. The van der Waals surface area contributed by atoms with Gasteiger partial charge >= 0.3 is 17.9 Å². The number of aldehydes is 1. The molecule has 16 atom stereocenters. The fourth-order valence-electron chi connectivity index (χ4n) is 8.26. The van der Waals surface area contributed by atoms with E-state index in [1.54, 1.807) is 65.1 Å². The highest BCUT2D eigenvalue weighted by Crippen LogP contribution is 2.39. The number of ether oxygens (including phenoxy) is 9. The smallest absolute Gasteiger partial charge is 0.309 e. The lowest BCUT2D eigenvalue weighted by Crippen LogP contribution is -2.66. The van der Waals surface area contributed by atoms with Gasteiger partial charge in [-0.3, -0.25) is 14.4 Å². The van der Waals surface area contributed by atoms with Gasteiger partial charge in [-0.25, -0.2) is 0 Å². The first-order valence-electron chi connectivity index (χ1n) is 20.8. The van der Waals surface area contributed by atoms with Crippen molar-refractivity contribution >= 4 is 24.2 Å². The highest BCUT2D eigenvalue weighted by atomic mass is 16.7. The lowest BCUT2D eigenvalue weighted by molar-refractivity contribution is -0.345. The van der Waals surface area contributed by atoms with Crippen molar-refractivity contribution in [1.29, 1.82) is 0 Å². The Balaban J connectivity index is 1.99. The normalized spacial score (nSPS) is 40.2. The molecule has 2 fully saturated rings. The maximum Gasteiger partial charge on any atom is 0.309 e. The predicted octanol–water partition coefficient (Wildman–Crippen LogP) is 3.67. The zero-order chi connectivity index (χ0) is 44.2. The van der Waals surface area contributed by atoms with Crippen LogP contribution in [0.15, 0.2) is 24.3 Å². The Kier molecular flexibility index (Phi) is 20.1. The number of rotatable bonds is 13. The molecule has 2 saturated heterocycles. The number of hydrogen-bond donors (Lipinski definition) is 2. The third kappa shape index (κ3) is 14.4. The molecule has 0 aliphatic carbocycles. The van der Waals surface area contributed by atoms with Crippen LogP contribution in [0.2, 0.25) is 0 Å². The average molecular weight is 842 g/mol. The highest BCUT2D eigenvalue weighted by Gasteiger charge is 2.53. The van der Waals surface area contributed by atoms with E-state index < -0.39 is 115 Å². The molecular formula is C43H71NO15. The van der Waals surface area contributed by atoms with Crippen LogP contribution in [0.3, 0.4) is 0 Å². The number of hydrogen-bond acceptors (Lipinski definition) is 16. The van der Waals surface area contributed by atoms with Crippen molar-refractivity contribution in [2.45, 2.75) is 179 Å². The average Bonchev–Trinajstić information content (AvgIpc) is 3.13. The Morgan fingerprint density at radius 1 is 1.00 bits per heavy atom. The van der Waals surface area contributed by atoms with Crippen LogP contribution in [-0.2, 0) is 61.8 Å². The Hall–Kier alpha value is -2.80. The predicted molar refractivity (Wildman–Crippen MR) is 215 cm³/mol. The molecule has 0 aromatic rings. The third-order valence-corrected chi connectivity index (χ3v) is 11.4. The number of nitrogens with zero attached hydrogens (tertiary/aromatic N) is 1. The summed E-state index contributed by atoms with van der Waals surface area (Å²) < 4.78 is 55.1. The Morgan fingerprint density at radius 3 is 2.29 bits per heavy atom. The summed E-state index contributed by atoms with van der Waals surface area (Å²) in [6.45, 7) is 14.0. The van der Waals surface area contributed by atoms with E-state index in [9.17, 15) is 29.4 Å². The first-order valence-corrected chi connectivity index (χ1v) is 20.8. The molecule has 0 aromatic carbocycles. The van der Waals surface area contributed by atoms with Gasteiger partial charge in [0.2, 0.25) is 0 Å². The summed E-state index contributed by atoms with van der Waals surface area (Å²) in [6, 6.07) is -0.741. The van der Waals surface area contributed by atoms with Crippen molar-refractivity contribution in [3.8, 4) is 0 Å². The molecule has 0 bridgehead atoms. The van der Waals surface area contributed by atoms with Crippen molar-refractivity contribution in [1.82, 2.24) is 4.90 Å². The summed E-state index contributed by atoms with van der Waals surface area (Å²) >= 11 is 0. The molecule has 338 valence electrons. The maximum atomic E-state index is 13.3. The van der Waals surface area contributed by atoms with E-state index in [-0.39, 0.29) is 37.6 Å². The van der Waals surface area contributed by atoms with E-state index >= 15 is 0 Å². The van der Waals surface area contributed by atoms with Crippen molar-refractivity contribution in [2.75, 3.05) is 28.3 Å². The zero-order valence-corrected chi connectivity index (χ0v) is 37.0. The fraction of sp³-hybridized carbons (Fsp3) is 0.814. The maximum absolute atomic E-state index is 13.3. The van der Waals surface area contributed by atoms with E-state index in [1.165, 1.54) is 14.0 Å². The number of aliphatic hydroxyl groups is 2. The molecule has 2 N–H and O–H groups in total. The van der Waals surface area contributed by atoms with Crippen LogP contribution in [0.1, 0.15) is 93.9 Å². The molecule has 0 spiro atoms. The largest absolute Gasteiger partial charge is 0.462 e. The minimum Gasteiger partial charge on any atom is -0.462 e. The molecule has 59 heavy (non-hydrogen) atoms. The molecule has 0 unspecified atom stereocenters. The van der Waals surface area contributed by atoms with Crippen molar-refractivity contribution in [3.63, 3.8) is 0 Å². The van der Waals surface area contributed by atoms with Crippen LogP contribution in [0.5, 0.6) is 0 Å². The minimum absolute atomic E-state index is 0.0655. The highest BCUT2D eigenvalue weighted by molar-refractivity contribution is 5.72. The molecule has 16 nitrogen and oxygen atoms in total. The first kappa shape index (κ1) is 50.6. The first-order chi connectivity index (χ1) is 27.7. The van der Waals surface area contributed by atoms with E-state index in [0.717, 1.165) is 6.29 Å². The molecule has 0 radical (unpaired) electrons. The summed E-state index contributed by atoms with van der Waals surface area (Å²) in [5.74, 6) is -2.64. The number of methoxy groups -OCH3 is 2. The number of aliphatic hydroxyl groups excluding tert-OH is 2. The molecule has 3 aliphatic heterocycles. The third-order valence-electron chi connectivity index (χ3n) is 11.4. The second-order valence-corrected chi connectivity index (χ2v) is 17.1. The SMILES string of the molecule is CO[C@@H]1[C@@H](O[C@@H]2O[C@H](C)[C@@H](O[C@H]3C[C@@](C)(OC)[C@@H](OC(=O)CC(C)C)[C@H](C)O3)[C@H](N(C)C)[C@H]2O)[C@@H](CC=O)C[C@@H](C)[C@@H](O)/C=C/C=C/C[C@@H](C)OC(=O)C[C@H]1OC(C)=O. The standard InChI is InChI=1S/C43H71NO15/c1-24(2)20-33(48)57-41-28(6)54-35(23-43(41,8)52-12)58-38-27(5)55-42(37(50)36(38)44(9)10)59-39-30(18-19-45)21-25(3)31(47)17-15-13-14-16-26(4)53-34(49)22-32(40(39)51-11)56-29(7)46/h13-15,17,19,24-28,30-32,35-42,47,50H,16,18,20-23H2,1-12H3/b14-13+,17-15+/t25-,26-,27-,28+,30+,31+,32-,35+,36-,37-,38-,39+,40+,41+,42+,43-/m1/s1. The number of allylic oxidation sites excluding steroid dienone is 2. The van der Waals surface area contributed by atoms with Crippen molar-refractivity contribution in [2.24, 2.45) is 17.8 Å². The second-order valence-electron chi connectivity index (χ2n) is 17.1. The van der Waals surface area contributed by atoms with Crippen LogP contribution in [0.4, 0.5) is 0 Å². The van der Waals surface area contributed by atoms with E-state index in [4.69, 9.17) is 42.6 Å². The quantitative estimate of drug-likeness (QED) is 0.155. The van der Waals surface area contributed by atoms with Gasteiger partial charge in [-0.15, -0.1) is 0 Å². The lowest BCUT2D eigenvalue weighted by atomic mass is 9.82. The summed E-state index contributed by atoms with van der Waals surface area (Å²) in [4.78, 5) is 52.6. The molecule has 3 rings (SSSR count). The zero-order valence-electron chi connectivity index (χ0n) is 37.0. The molecule has 0 saturated carbocycles. The van der Waals surface area contributed by atoms with Gasteiger partial charge in [-0.1, -0.05) is 45.1 Å². The molecule has 3 aliphatic rings. The van der Waals surface area contributed by atoms with E-state index in [0.29, 0.717) is 6.42 Å². The van der Waals surface area contributed by atoms with Gasteiger partial charge < -0.3 is 62.5 Å². The minimum atomic E-state index is -1.36. The van der Waals surface area contributed by atoms with Crippen LogP contribution in [0.25, 0.3) is 0 Å². The second kappa shape index (κ2) is 23.4. The van der Waals surface area contributed by atoms with E-state index in [1.807, 2.05) is 33.8 Å². The summed E-state index contributed by atoms with van der Waals surface area (Å²) in [5.41, 5.74) is -0.960. The fourth-order valence-corrected chi connectivity index (χ4v) is 8.26. The number of carbonyl (C=O) groups excluding carboxylic acids is 4. The topological polar surface area (TPSA) is 195 Å². The molecule has 16 heteroatoms. The van der Waals surface area contributed by atoms with Crippen LogP contribution in [0, 0.1) is 17.8 Å². The summed E-state index contributed by atoms with van der Waals surface area (Å²) in [7, 11) is 6.47. The van der Waals surface area contributed by atoms with Gasteiger partial charge in [0.15, 0.2) is 18.7 Å². The van der Waals surface area contributed by atoms with Gasteiger partial charge in [0.25, 0.3) is 0 Å². The van der Waals surface area contributed by atoms with E-state index in [2.05, 4.69) is 0 Å². The summed E-state index contributed by atoms with van der Waals surface area (Å²) in [5, 5.41) is 23.2. The van der Waals surface area contributed by atoms with Crippen molar-refractivity contribution in [3.05, 3.63) is 24.3 Å². The molecule has 3 heterocycles. The van der Waals surface area contributed by atoms with Gasteiger partial charge in [0.1, 0.15) is 42.4 Å². The van der Waals surface area contributed by atoms with Crippen LogP contribution >= 0.6 is 0 Å².